The molecule has 1 unspecified atom stereocenters. The number of rotatable bonds is 7. The topological polar surface area (TPSA) is 69.0 Å². The van der Waals surface area contributed by atoms with Gasteiger partial charge in [-0.15, -0.1) is 0 Å². The molecule has 0 saturated heterocycles. The van der Waals surface area contributed by atoms with Gasteiger partial charge >= 0.3 is 0 Å². The fourth-order valence-electron chi connectivity index (χ4n) is 1.92. The minimum absolute atomic E-state index is 0.106. The van der Waals surface area contributed by atoms with E-state index in [0.29, 0.717) is 23.8 Å². The van der Waals surface area contributed by atoms with E-state index in [1.54, 1.807) is 21.3 Å². The molecule has 0 fully saturated rings. The van der Waals surface area contributed by atoms with Crippen molar-refractivity contribution in [3.8, 4) is 17.2 Å². The van der Waals surface area contributed by atoms with Crippen molar-refractivity contribution in [1.82, 2.24) is 10.4 Å². The third-order valence-corrected chi connectivity index (χ3v) is 2.75. The predicted molar refractivity (Wildman–Crippen MR) is 74.7 cm³/mol. The molecule has 1 atom stereocenters. The summed E-state index contributed by atoms with van der Waals surface area (Å²) in [5.74, 6) is 2.04. The van der Waals surface area contributed by atoms with Gasteiger partial charge in [0.05, 0.1) is 32.9 Å². The van der Waals surface area contributed by atoms with Crippen molar-refractivity contribution >= 4 is 0 Å². The lowest BCUT2D eigenvalue weighted by molar-refractivity contribution is 0.238. The number of methoxy groups -OCH3 is 3. The molecule has 0 radical (unpaired) electrons. The molecule has 0 spiro atoms. The summed E-state index contributed by atoms with van der Waals surface area (Å²) >= 11 is 0. The SMILES string of the molecule is COc1cc(OC)c(C(CN)NN(C)C)c(OC)c1. The van der Waals surface area contributed by atoms with Gasteiger partial charge in [0.2, 0.25) is 0 Å². The third-order valence-electron chi connectivity index (χ3n) is 2.75. The number of hydrogen-bond donors (Lipinski definition) is 2. The van der Waals surface area contributed by atoms with Gasteiger partial charge in [0.1, 0.15) is 17.2 Å². The van der Waals surface area contributed by atoms with Crippen LogP contribution in [0.1, 0.15) is 11.6 Å². The lowest BCUT2D eigenvalue weighted by atomic mass is 10.0. The van der Waals surface area contributed by atoms with E-state index in [0.717, 1.165) is 5.56 Å². The quantitative estimate of drug-likeness (QED) is 0.713. The highest BCUT2D eigenvalue weighted by Crippen LogP contribution is 2.37. The molecular weight excluding hydrogens is 246 g/mol. The summed E-state index contributed by atoms with van der Waals surface area (Å²) in [7, 11) is 8.64. The smallest absolute Gasteiger partial charge is 0.131 e. The minimum atomic E-state index is -0.106. The van der Waals surface area contributed by atoms with Crippen LogP contribution in [0.4, 0.5) is 0 Å². The van der Waals surface area contributed by atoms with Crippen LogP contribution >= 0.6 is 0 Å². The van der Waals surface area contributed by atoms with Crippen molar-refractivity contribution in [2.24, 2.45) is 5.73 Å². The summed E-state index contributed by atoms with van der Waals surface area (Å²) in [6.07, 6.45) is 0. The third kappa shape index (κ3) is 3.73. The average molecular weight is 269 g/mol. The molecule has 19 heavy (non-hydrogen) atoms. The molecule has 0 aliphatic rings. The maximum atomic E-state index is 5.84. The van der Waals surface area contributed by atoms with Crippen LogP contribution in [-0.2, 0) is 0 Å². The predicted octanol–water partition coefficient (Wildman–Crippen LogP) is 0.778. The summed E-state index contributed by atoms with van der Waals surface area (Å²) in [6.45, 7) is 0.414. The summed E-state index contributed by atoms with van der Waals surface area (Å²) in [5.41, 5.74) is 9.96. The van der Waals surface area contributed by atoms with Gasteiger partial charge in [-0.25, -0.2) is 10.4 Å². The van der Waals surface area contributed by atoms with Crippen LogP contribution in [0.2, 0.25) is 0 Å². The normalized spacial score (nSPS) is 12.4. The van der Waals surface area contributed by atoms with Crippen LogP contribution in [0.5, 0.6) is 17.2 Å². The molecule has 6 nitrogen and oxygen atoms in total. The van der Waals surface area contributed by atoms with E-state index in [2.05, 4.69) is 5.43 Å². The number of nitrogens with zero attached hydrogens (tertiary/aromatic N) is 1. The Balaban J connectivity index is 3.28. The minimum Gasteiger partial charge on any atom is -0.496 e. The first kappa shape index (κ1) is 15.6. The fourth-order valence-corrected chi connectivity index (χ4v) is 1.92. The first-order valence-corrected chi connectivity index (χ1v) is 6.00. The van der Waals surface area contributed by atoms with Crippen molar-refractivity contribution < 1.29 is 14.2 Å². The highest BCUT2D eigenvalue weighted by Gasteiger charge is 2.21. The van der Waals surface area contributed by atoms with Crippen molar-refractivity contribution in [2.45, 2.75) is 6.04 Å². The molecule has 0 saturated carbocycles. The van der Waals surface area contributed by atoms with Gasteiger partial charge in [-0.1, -0.05) is 0 Å². The second-order valence-electron chi connectivity index (χ2n) is 4.26. The molecule has 0 amide bonds. The zero-order valence-electron chi connectivity index (χ0n) is 12.2. The molecule has 1 aromatic carbocycles. The molecule has 3 N–H and O–H groups in total. The van der Waals surface area contributed by atoms with E-state index in [4.69, 9.17) is 19.9 Å². The van der Waals surface area contributed by atoms with E-state index in [-0.39, 0.29) is 6.04 Å². The lowest BCUT2D eigenvalue weighted by Gasteiger charge is -2.25. The van der Waals surface area contributed by atoms with Gasteiger partial charge in [-0.2, -0.15) is 0 Å². The monoisotopic (exact) mass is 269 g/mol. The number of nitrogens with two attached hydrogens (primary N) is 1. The van der Waals surface area contributed by atoms with Crippen LogP contribution in [0, 0.1) is 0 Å². The van der Waals surface area contributed by atoms with Crippen LogP contribution in [-0.4, -0.2) is 47.0 Å². The van der Waals surface area contributed by atoms with Crippen molar-refractivity contribution in [3.05, 3.63) is 17.7 Å². The summed E-state index contributed by atoms with van der Waals surface area (Å²) < 4.78 is 16.1. The van der Waals surface area contributed by atoms with Crippen molar-refractivity contribution in [2.75, 3.05) is 42.0 Å². The number of ether oxygens (including phenoxy) is 3. The molecule has 1 rings (SSSR count). The fraction of sp³-hybridized carbons (Fsp3) is 0.538. The number of nitrogens with one attached hydrogen (secondary N) is 1. The Bertz CT molecular complexity index is 385. The maximum Gasteiger partial charge on any atom is 0.131 e. The van der Waals surface area contributed by atoms with E-state index in [9.17, 15) is 0 Å². The highest BCUT2D eigenvalue weighted by molar-refractivity contribution is 5.52. The number of benzene rings is 1. The molecule has 0 aromatic heterocycles. The van der Waals surface area contributed by atoms with Gasteiger partial charge in [0.15, 0.2) is 0 Å². The Morgan fingerprint density at radius 2 is 1.63 bits per heavy atom. The first-order valence-electron chi connectivity index (χ1n) is 6.00. The molecule has 108 valence electrons. The van der Waals surface area contributed by atoms with Crippen LogP contribution < -0.4 is 25.4 Å². The zero-order chi connectivity index (χ0) is 14.4. The van der Waals surface area contributed by atoms with E-state index < -0.39 is 0 Å². The molecule has 6 heteroatoms. The maximum absolute atomic E-state index is 5.84. The molecular formula is C13H23N3O3. The summed E-state index contributed by atoms with van der Waals surface area (Å²) in [5, 5.41) is 1.85. The van der Waals surface area contributed by atoms with Gasteiger partial charge < -0.3 is 19.9 Å². The summed E-state index contributed by atoms with van der Waals surface area (Å²) in [6, 6.07) is 3.53. The van der Waals surface area contributed by atoms with Crippen molar-refractivity contribution in [1.29, 1.82) is 0 Å². The van der Waals surface area contributed by atoms with Crippen LogP contribution in [0.15, 0.2) is 12.1 Å². The molecule has 0 aliphatic carbocycles. The largest absolute Gasteiger partial charge is 0.496 e. The Hall–Kier alpha value is -1.50. The van der Waals surface area contributed by atoms with E-state index in [1.807, 2.05) is 31.2 Å². The Kier molecular flexibility index (Phi) is 5.88. The molecule has 0 aliphatic heterocycles. The van der Waals surface area contributed by atoms with Gasteiger partial charge in [0.25, 0.3) is 0 Å². The summed E-state index contributed by atoms with van der Waals surface area (Å²) in [4.78, 5) is 0. The lowest BCUT2D eigenvalue weighted by Crippen LogP contribution is -2.38. The van der Waals surface area contributed by atoms with Gasteiger partial charge in [-0.05, 0) is 0 Å². The van der Waals surface area contributed by atoms with Crippen LogP contribution in [0.25, 0.3) is 0 Å². The first-order chi connectivity index (χ1) is 9.07. The number of hydrazine groups is 1. The Morgan fingerprint density at radius 1 is 1.11 bits per heavy atom. The number of hydrogen-bond acceptors (Lipinski definition) is 6. The van der Waals surface area contributed by atoms with Crippen LogP contribution in [0.3, 0.4) is 0 Å². The average Bonchev–Trinajstić information content (AvgIpc) is 2.42. The molecule has 0 heterocycles. The second kappa shape index (κ2) is 7.18. The molecule has 0 bridgehead atoms. The Labute approximate surface area is 114 Å². The Morgan fingerprint density at radius 3 is 1.95 bits per heavy atom. The van der Waals surface area contributed by atoms with Crippen molar-refractivity contribution in [3.63, 3.8) is 0 Å². The second-order valence-corrected chi connectivity index (χ2v) is 4.26. The van der Waals surface area contributed by atoms with Gasteiger partial charge in [0, 0.05) is 32.8 Å². The standard InChI is InChI=1S/C13H23N3O3/c1-16(2)15-10(8-14)13-11(18-4)6-9(17-3)7-12(13)19-5/h6-7,10,15H,8,14H2,1-5H3. The molecule has 1 aromatic rings. The highest BCUT2D eigenvalue weighted by atomic mass is 16.5. The zero-order valence-corrected chi connectivity index (χ0v) is 12.2. The van der Waals surface area contributed by atoms with E-state index >= 15 is 0 Å². The van der Waals surface area contributed by atoms with Gasteiger partial charge in [-0.3, -0.25) is 0 Å². The van der Waals surface area contributed by atoms with E-state index in [1.165, 1.54) is 0 Å².